The maximum absolute atomic E-state index is 13.8. The number of amides is 1. The van der Waals surface area contributed by atoms with Crippen LogP contribution in [0.3, 0.4) is 0 Å². The van der Waals surface area contributed by atoms with Crippen molar-refractivity contribution >= 4 is 11.7 Å². The Labute approximate surface area is 194 Å². The van der Waals surface area contributed by atoms with E-state index in [0.29, 0.717) is 35.4 Å². The van der Waals surface area contributed by atoms with E-state index in [9.17, 15) is 19.8 Å². The van der Waals surface area contributed by atoms with Crippen LogP contribution in [0.5, 0.6) is 5.75 Å². The van der Waals surface area contributed by atoms with Gasteiger partial charge in [-0.3, -0.25) is 9.59 Å². The van der Waals surface area contributed by atoms with Gasteiger partial charge in [0, 0.05) is 35.2 Å². The Morgan fingerprint density at radius 2 is 2.03 bits per heavy atom. The third kappa shape index (κ3) is 2.67. The number of benzene rings is 1. The Bertz CT molecular complexity index is 1440. The number of nitriles is 1. The molecular weight excluding hydrogens is 434 g/mol. The first-order chi connectivity index (χ1) is 16.4. The zero-order valence-electron chi connectivity index (χ0n) is 17.9. The van der Waals surface area contributed by atoms with E-state index in [4.69, 9.17) is 15.7 Å². The molecule has 0 fully saturated rings. The fraction of sp³-hybridized carbons (Fsp3) is 0.231. The largest absolute Gasteiger partial charge is 0.511 e. The number of aromatic nitrogens is 1. The number of nitrogens with zero attached hydrogens (tertiary/aromatic N) is 2. The summed E-state index contributed by atoms with van der Waals surface area (Å²) in [4.78, 5) is 29.9. The van der Waals surface area contributed by atoms with Gasteiger partial charge >= 0.3 is 0 Å². The fourth-order valence-corrected chi connectivity index (χ4v) is 6.01. The van der Waals surface area contributed by atoms with Gasteiger partial charge in [0.1, 0.15) is 29.0 Å². The summed E-state index contributed by atoms with van der Waals surface area (Å²) >= 11 is 0. The van der Waals surface area contributed by atoms with Crippen LogP contribution in [0, 0.1) is 29.1 Å². The Morgan fingerprint density at radius 3 is 2.74 bits per heavy atom. The molecule has 2 heterocycles. The number of Topliss-reactive ketones (excluding diaryl/α,β-unsaturated/α-hetero) is 1. The highest BCUT2D eigenvalue weighted by Gasteiger charge is 2.51. The molecule has 2 aromatic rings. The first-order valence-corrected chi connectivity index (χ1v) is 11.0. The first-order valence-electron chi connectivity index (χ1n) is 11.0. The molecule has 4 N–H and O–H groups in total. The van der Waals surface area contributed by atoms with Gasteiger partial charge in [-0.25, -0.2) is 4.98 Å². The van der Waals surface area contributed by atoms with Crippen LogP contribution in [0.15, 0.2) is 65.0 Å². The molecule has 3 atom stereocenters. The van der Waals surface area contributed by atoms with Crippen LogP contribution in [0.1, 0.15) is 34.5 Å². The molecule has 6 rings (SSSR count). The number of aromatic hydroxyl groups is 1. The lowest BCUT2D eigenvalue weighted by molar-refractivity contribution is -0.114. The number of nitrogens with two attached hydrogens (primary N) is 1. The molecule has 8 nitrogen and oxygen atoms in total. The molecule has 1 aliphatic heterocycles. The summed E-state index contributed by atoms with van der Waals surface area (Å²) < 4.78 is 5.86. The normalized spacial score (nSPS) is 24.5. The van der Waals surface area contributed by atoms with Crippen molar-refractivity contribution in [3.63, 3.8) is 0 Å². The molecule has 1 amide bonds. The van der Waals surface area contributed by atoms with Gasteiger partial charge in [-0.15, -0.1) is 0 Å². The molecule has 0 spiro atoms. The third-order valence-electron chi connectivity index (χ3n) is 7.34. The van der Waals surface area contributed by atoms with E-state index < -0.39 is 5.91 Å². The van der Waals surface area contributed by atoms with Crippen molar-refractivity contribution in [1.82, 2.24) is 4.98 Å². The number of carbonyl (C=O) groups excluding carboxylic acids is 2. The summed E-state index contributed by atoms with van der Waals surface area (Å²) in [5.41, 5.74) is 9.38. The smallest absolute Gasteiger partial charge is 0.252 e. The number of aliphatic hydroxyl groups excluding tert-OH is 1. The monoisotopic (exact) mass is 453 g/mol. The van der Waals surface area contributed by atoms with E-state index in [1.165, 1.54) is 12.3 Å². The molecule has 1 aromatic heterocycles. The SMILES string of the molecule is N#Cc1ccc(-c2ccc(O)c3c2CC2CC4CC(O)=C(C(N)=O)C5=COC(=C2C3=O)C54)cn1. The summed E-state index contributed by atoms with van der Waals surface area (Å²) in [5, 5.41) is 30.2. The lowest BCUT2D eigenvalue weighted by Crippen LogP contribution is -2.38. The van der Waals surface area contributed by atoms with Gasteiger partial charge < -0.3 is 20.7 Å². The Kier molecular flexibility index (Phi) is 4.20. The number of hydrogen-bond donors (Lipinski definition) is 3. The molecular formula is C26H19N3O5. The maximum Gasteiger partial charge on any atom is 0.252 e. The van der Waals surface area contributed by atoms with Gasteiger partial charge in [0.2, 0.25) is 0 Å². The maximum atomic E-state index is 13.8. The number of hydrogen-bond acceptors (Lipinski definition) is 7. The molecule has 3 aliphatic carbocycles. The van der Waals surface area contributed by atoms with Crippen LogP contribution in [0.2, 0.25) is 0 Å². The van der Waals surface area contributed by atoms with E-state index in [2.05, 4.69) is 4.98 Å². The second-order valence-electron chi connectivity index (χ2n) is 9.09. The molecule has 8 heteroatoms. The predicted octanol–water partition coefficient (Wildman–Crippen LogP) is 3.19. The fourth-order valence-electron chi connectivity index (χ4n) is 6.01. The molecule has 3 unspecified atom stereocenters. The number of primary amides is 1. The minimum atomic E-state index is -0.724. The average molecular weight is 453 g/mol. The highest BCUT2D eigenvalue weighted by Crippen LogP contribution is 2.56. The topological polar surface area (TPSA) is 147 Å². The van der Waals surface area contributed by atoms with E-state index in [1.807, 2.05) is 6.07 Å². The zero-order valence-corrected chi connectivity index (χ0v) is 17.9. The molecule has 34 heavy (non-hydrogen) atoms. The van der Waals surface area contributed by atoms with Gasteiger partial charge in [0.05, 0.1) is 17.4 Å². The van der Waals surface area contributed by atoms with Crippen LogP contribution in [0.25, 0.3) is 11.1 Å². The number of ketones is 1. The number of ether oxygens (including phenoxy) is 1. The minimum absolute atomic E-state index is 0.0349. The van der Waals surface area contributed by atoms with Crippen molar-refractivity contribution in [1.29, 1.82) is 5.26 Å². The Morgan fingerprint density at radius 1 is 1.21 bits per heavy atom. The number of aliphatic hydroxyl groups is 1. The summed E-state index contributed by atoms with van der Waals surface area (Å²) in [6, 6.07) is 8.64. The molecule has 1 aromatic carbocycles. The van der Waals surface area contributed by atoms with Gasteiger partial charge in [0.15, 0.2) is 5.78 Å². The molecule has 0 saturated heterocycles. The van der Waals surface area contributed by atoms with Crippen molar-refractivity contribution in [2.45, 2.75) is 19.3 Å². The summed E-state index contributed by atoms with van der Waals surface area (Å²) in [6.07, 6.45) is 4.40. The number of pyridine rings is 1. The average Bonchev–Trinajstić information content (AvgIpc) is 3.24. The zero-order chi connectivity index (χ0) is 23.7. The second-order valence-corrected chi connectivity index (χ2v) is 9.09. The number of fused-ring (bicyclic) bond motifs is 2. The van der Waals surface area contributed by atoms with Crippen molar-refractivity contribution in [2.75, 3.05) is 0 Å². The van der Waals surface area contributed by atoms with Gasteiger partial charge in [-0.1, -0.05) is 6.07 Å². The minimum Gasteiger partial charge on any atom is -0.511 e. The standard InChI is InChI=1S/C26H19N3O5/c27-8-14-2-1-11(9-29-14)15-3-4-18(30)22-16(15)6-12-5-13-7-19(31)23(26(28)33)17-10-34-25(20(13)17)21(12)24(22)32/h1-4,9-10,12-13,20,30-31H,5-7H2,(H2,28,33). The molecule has 0 saturated carbocycles. The van der Waals surface area contributed by atoms with Crippen molar-refractivity contribution in [2.24, 2.45) is 23.5 Å². The van der Waals surface area contributed by atoms with Gasteiger partial charge in [0.25, 0.3) is 5.91 Å². The van der Waals surface area contributed by atoms with Gasteiger partial charge in [-0.2, -0.15) is 5.26 Å². The van der Waals surface area contributed by atoms with E-state index in [1.54, 1.807) is 24.4 Å². The lowest BCUT2D eigenvalue weighted by Gasteiger charge is -2.41. The predicted molar refractivity (Wildman–Crippen MR) is 119 cm³/mol. The summed E-state index contributed by atoms with van der Waals surface area (Å²) in [5.74, 6) is -1.20. The summed E-state index contributed by atoms with van der Waals surface area (Å²) in [6.45, 7) is 0. The van der Waals surface area contributed by atoms with Crippen LogP contribution in [-0.2, 0) is 16.0 Å². The number of phenolic OH excluding ortho intramolecular Hbond substituents is 1. The van der Waals surface area contributed by atoms with Crippen LogP contribution < -0.4 is 5.73 Å². The Hall–Kier alpha value is -4.38. The van der Waals surface area contributed by atoms with E-state index >= 15 is 0 Å². The lowest BCUT2D eigenvalue weighted by atomic mass is 9.62. The van der Waals surface area contributed by atoms with E-state index in [-0.39, 0.29) is 52.6 Å². The Balaban J connectivity index is 1.48. The summed E-state index contributed by atoms with van der Waals surface area (Å²) in [7, 11) is 0. The first kappa shape index (κ1) is 20.2. The molecule has 0 bridgehead atoms. The molecule has 0 radical (unpaired) electrons. The number of allylic oxidation sites excluding steroid dienone is 3. The van der Waals surface area contributed by atoms with E-state index in [0.717, 1.165) is 16.7 Å². The quantitative estimate of drug-likeness (QED) is 0.633. The molecule has 4 aliphatic rings. The van der Waals surface area contributed by atoms with Crippen LogP contribution in [-0.4, -0.2) is 26.9 Å². The second kappa shape index (κ2) is 7.06. The van der Waals surface area contributed by atoms with Crippen molar-refractivity contribution in [3.05, 3.63) is 81.8 Å². The van der Waals surface area contributed by atoms with Crippen molar-refractivity contribution in [3.8, 4) is 22.9 Å². The molecule has 168 valence electrons. The van der Waals surface area contributed by atoms with Crippen LogP contribution in [0.4, 0.5) is 0 Å². The van der Waals surface area contributed by atoms with Crippen molar-refractivity contribution < 1.29 is 24.5 Å². The van der Waals surface area contributed by atoms with Crippen LogP contribution >= 0.6 is 0 Å². The highest BCUT2D eigenvalue weighted by molar-refractivity contribution is 6.14. The number of rotatable bonds is 2. The third-order valence-corrected chi connectivity index (χ3v) is 7.34. The highest BCUT2D eigenvalue weighted by atomic mass is 16.5. The van der Waals surface area contributed by atoms with Gasteiger partial charge in [-0.05, 0) is 54.0 Å². The number of carbonyl (C=O) groups is 2. The number of phenols is 1.